The molecule has 0 bridgehead atoms. The molecule has 2 fully saturated rings. The van der Waals surface area contributed by atoms with Gasteiger partial charge in [0.05, 0.1) is 13.2 Å². The third-order valence-corrected chi connectivity index (χ3v) is 17.3. The zero-order valence-electron chi connectivity index (χ0n) is 22.0. The van der Waals surface area contributed by atoms with E-state index in [9.17, 15) is 9.90 Å². The number of rotatable bonds is 7. The van der Waals surface area contributed by atoms with Crippen molar-refractivity contribution in [3.8, 4) is 5.88 Å². The van der Waals surface area contributed by atoms with Crippen LogP contribution < -0.4 is 10.4 Å². The Labute approximate surface area is 205 Å². The minimum absolute atomic E-state index is 0.125. The molecule has 0 radical (unpaired) electrons. The lowest BCUT2D eigenvalue weighted by Gasteiger charge is -2.51. The highest BCUT2D eigenvalue weighted by atomic mass is 28.5. The maximum Gasteiger partial charge on any atom is 0.353 e. The highest BCUT2D eigenvalue weighted by Crippen LogP contribution is 2.48. The number of aliphatic hydroxyl groups is 1. The molecule has 0 saturated carbocycles. The van der Waals surface area contributed by atoms with Crippen molar-refractivity contribution in [2.24, 2.45) is 0 Å². The molecule has 1 N–H and O–H groups in total. The zero-order valence-corrected chi connectivity index (χ0v) is 24.0. The van der Waals surface area contributed by atoms with Crippen LogP contribution in [0.5, 0.6) is 5.88 Å². The quantitative estimate of drug-likeness (QED) is 0.548. The molecule has 9 nitrogen and oxygen atoms in total. The summed E-state index contributed by atoms with van der Waals surface area (Å²) in [7, 11) is -5.61. The fraction of sp³-hybridized carbons (Fsp3) is 0.826. The smallest absolute Gasteiger partial charge is 0.353 e. The van der Waals surface area contributed by atoms with Crippen LogP contribution in [0.3, 0.4) is 0 Å². The topological polar surface area (TPSA) is 101 Å². The van der Waals surface area contributed by atoms with E-state index in [2.05, 4.69) is 60.4 Å². The number of hydrogen-bond donors (Lipinski definition) is 1. The first-order valence-corrected chi connectivity index (χ1v) is 16.4. The lowest BCUT2D eigenvalue weighted by atomic mass is 10.1. The van der Waals surface area contributed by atoms with Crippen LogP contribution in [0.25, 0.3) is 0 Å². The normalized spacial score (nSPS) is 28.9. The predicted octanol–water partition coefficient (Wildman–Crippen LogP) is 3.86. The number of aromatic nitrogens is 2. The molecule has 0 spiro atoms. The SMILES string of the molecule is CCOc1ccn([C@@H]2O[C@@H]3CO[Si](C(C)C)(C(C)C)O[Si](C(C)C)(C(C)C)O[C@H]3[C@@H]2O)c(=O)n1. The Morgan fingerprint density at radius 2 is 1.68 bits per heavy atom. The van der Waals surface area contributed by atoms with Crippen molar-refractivity contribution >= 4 is 17.1 Å². The van der Waals surface area contributed by atoms with E-state index < -0.39 is 47.4 Å². The molecule has 11 heteroatoms. The highest BCUT2D eigenvalue weighted by molar-refractivity contribution is 6.83. The van der Waals surface area contributed by atoms with Gasteiger partial charge in [0.1, 0.15) is 18.3 Å². The monoisotopic (exact) mass is 514 g/mol. The van der Waals surface area contributed by atoms with Crippen LogP contribution in [0.4, 0.5) is 0 Å². The Hall–Kier alpha value is -1.09. The summed E-state index contributed by atoms with van der Waals surface area (Å²) in [5, 5.41) is 11.3. The van der Waals surface area contributed by atoms with E-state index in [1.165, 1.54) is 4.57 Å². The zero-order chi connectivity index (χ0) is 25.4. The largest absolute Gasteiger partial charge is 0.478 e. The summed E-state index contributed by atoms with van der Waals surface area (Å²) in [4.78, 5) is 16.7. The fourth-order valence-electron chi connectivity index (χ4n) is 5.19. The number of nitrogens with zero attached hydrogens (tertiary/aromatic N) is 2. The Bertz CT molecular complexity index is 876. The number of aliphatic hydroxyl groups excluding tert-OH is 1. The van der Waals surface area contributed by atoms with Crippen LogP contribution in [-0.2, 0) is 17.7 Å². The van der Waals surface area contributed by atoms with Crippen molar-refractivity contribution in [2.45, 2.75) is 109 Å². The van der Waals surface area contributed by atoms with Gasteiger partial charge in [-0.1, -0.05) is 55.4 Å². The molecule has 0 amide bonds. The average Bonchev–Trinajstić information content (AvgIpc) is 3.02. The van der Waals surface area contributed by atoms with Crippen molar-refractivity contribution in [1.29, 1.82) is 0 Å². The first kappa shape index (κ1) is 27.5. The van der Waals surface area contributed by atoms with Crippen LogP contribution in [0, 0.1) is 0 Å². The number of ether oxygens (including phenoxy) is 2. The molecular weight excluding hydrogens is 472 g/mol. The van der Waals surface area contributed by atoms with Crippen LogP contribution in [0.15, 0.2) is 17.1 Å². The molecule has 1 aromatic heterocycles. The molecule has 0 aromatic carbocycles. The van der Waals surface area contributed by atoms with Crippen molar-refractivity contribution in [3.63, 3.8) is 0 Å². The van der Waals surface area contributed by atoms with E-state index in [4.69, 9.17) is 22.4 Å². The van der Waals surface area contributed by atoms with Crippen LogP contribution in [-0.4, -0.2) is 63.3 Å². The van der Waals surface area contributed by atoms with Gasteiger partial charge in [0, 0.05) is 12.3 Å². The highest BCUT2D eigenvalue weighted by Gasteiger charge is 2.61. The second-order valence-corrected chi connectivity index (χ2v) is 19.3. The molecule has 194 valence electrons. The molecule has 4 atom stereocenters. The van der Waals surface area contributed by atoms with Crippen molar-refractivity contribution in [3.05, 3.63) is 22.7 Å². The summed E-state index contributed by atoms with van der Waals surface area (Å²) in [5.41, 5.74) is 0.112. The molecule has 34 heavy (non-hydrogen) atoms. The first-order valence-electron chi connectivity index (χ1n) is 12.5. The maximum atomic E-state index is 12.7. The van der Waals surface area contributed by atoms with Gasteiger partial charge in [-0.2, -0.15) is 4.98 Å². The molecule has 0 unspecified atom stereocenters. The summed E-state index contributed by atoms with van der Waals surface area (Å²) in [6, 6.07) is 1.60. The van der Waals surface area contributed by atoms with Gasteiger partial charge in [0.25, 0.3) is 0 Å². The first-order chi connectivity index (χ1) is 15.9. The van der Waals surface area contributed by atoms with E-state index in [-0.39, 0.29) is 34.7 Å². The molecule has 2 aliphatic rings. The minimum Gasteiger partial charge on any atom is -0.478 e. The van der Waals surface area contributed by atoms with Gasteiger partial charge in [-0.3, -0.25) is 4.57 Å². The van der Waals surface area contributed by atoms with E-state index in [1.54, 1.807) is 12.3 Å². The summed E-state index contributed by atoms with van der Waals surface area (Å²) in [6.45, 7) is 19.6. The molecule has 2 saturated heterocycles. The van der Waals surface area contributed by atoms with Gasteiger partial charge in [-0.15, -0.1) is 0 Å². The van der Waals surface area contributed by atoms with Crippen LogP contribution >= 0.6 is 0 Å². The lowest BCUT2D eigenvalue weighted by molar-refractivity contribution is -0.0601. The van der Waals surface area contributed by atoms with Crippen molar-refractivity contribution < 1.29 is 27.5 Å². The number of fused-ring (bicyclic) bond motifs is 1. The molecule has 1 aromatic rings. The van der Waals surface area contributed by atoms with Gasteiger partial charge < -0.3 is 27.5 Å². The van der Waals surface area contributed by atoms with Gasteiger partial charge in [0.15, 0.2) is 6.23 Å². The molecule has 3 heterocycles. The fourth-order valence-corrected chi connectivity index (χ4v) is 16.4. The second kappa shape index (κ2) is 10.5. The summed E-state index contributed by atoms with van der Waals surface area (Å²) in [6.07, 6.45) is -1.68. The Morgan fingerprint density at radius 1 is 1.09 bits per heavy atom. The summed E-state index contributed by atoms with van der Waals surface area (Å²) in [5.74, 6) is 0.242. The third kappa shape index (κ3) is 4.80. The standard InChI is InChI=1S/C23H42N2O7Si2/c1-10-28-19-11-12-25(23(27)24-19)22-20(26)21-18(30-22)13-29-33(14(2)3,15(4)5)32-34(31-21,16(6)7)17(8)9/h11-12,14-18,20-22,26H,10,13H2,1-9H3/t18-,20+,21-,22-/m1/s1. The third-order valence-electron chi connectivity index (χ3n) is 7.01. The summed E-state index contributed by atoms with van der Waals surface area (Å²) < 4.78 is 33.6. The molecule has 2 aliphatic heterocycles. The van der Waals surface area contributed by atoms with E-state index in [0.29, 0.717) is 6.61 Å². The maximum absolute atomic E-state index is 12.7. The Kier molecular flexibility index (Phi) is 8.49. The van der Waals surface area contributed by atoms with Crippen LogP contribution in [0.1, 0.15) is 68.5 Å². The van der Waals surface area contributed by atoms with Gasteiger partial charge in [-0.05, 0) is 29.1 Å². The molecular formula is C23H42N2O7Si2. The van der Waals surface area contributed by atoms with E-state index in [0.717, 1.165) is 0 Å². The summed E-state index contributed by atoms with van der Waals surface area (Å²) >= 11 is 0. The van der Waals surface area contributed by atoms with E-state index >= 15 is 0 Å². The van der Waals surface area contributed by atoms with Crippen molar-refractivity contribution in [2.75, 3.05) is 13.2 Å². The van der Waals surface area contributed by atoms with Gasteiger partial charge >= 0.3 is 22.8 Å². The minimum atomic E-state index is -2.90. The Morgan fingerprint density at radius 3 is 2.18 bits per heavy atom. The second-order valence-electron chi connectivity index (χ2n) is 10.5. The van der Waals surface area contributed by atoms with Gasteiger partial charge in [0.2, 0.25) is 5.88 Å². The van der Waals surface area contributed by atoms with E-state index in [1.807, 2.05) is 6.92 Å². The van der Waals surface area contributed by atoms with Gasteiger partial charge in [-0.25, -0.2) is 4.79 Å². The molecule has 3 rings (SSSR count). The predicted molar refractivity (Wildman–Crippen MR) is 133 cm³/mol. The Balaban J connectivity index is 2.03. The van der Waals surface area contributed by atoms with Crippen LogP contribution in [0.2, 0.25) is 22.2 Å². The lowest BCUT2D eigenvalue weighted by Crippen LogP contribution is -2.65. The molecule has 0 aliphatic carbocycles. The average molecular weight is 515 g/mol. The number of hydrogen-bond acceptors (Lipinski definition) is 8. The van der Waals surface area contributed by atoms with Crippen molar-refractivity contribution in [1.82, 2.24) is 9.55 Å².